The van der Waals surface area contributed by atoms with E-state index in [2.05, 4.69) is 41.8 Å². The van der Waals surface area contributed by atoms with E-state index in [-0.39, 0.29) is 11.2 Å². The predicted octanol–water partition coefficient (Wildman–Crippen LogP) is 2.89. The minimum Gasteiger partial charge on any atom is -0.292 e. The van der Waals surface area contributed by atoms with Crippen molar-refractivity contribution in [3.63, 3.8) is 0 Å². The number of ketones is 1. The molecule has 15 heavy (non-hydrogen) atoms. The monoisotopic (exact) mass is 270 g/mol. The van der Waals surface area contributed by atoms with E-state index in [1.54, 1.807) is 6.07 Å². The van der Waals surface area contributed by atoms with Crippen LogP contribution in [0.4, 0.5) is 0 Å². The minimum absolute atomic E-state index is 0.159. The lowest BCUT2D eigenvalue weighted by molar-refractivity contribution is 0.0833. The van der Waals surface area contributed by atoms with E-state index in [1.807, 2.05) is 4.68 Å². The fraction of sp³-hybridized carbons (Fsp3) is 0.636. The van der Waals surface area contributed by atoms with Gasteiger partial charge in [0, 0.05) is 19.0 Å². The van der Waals surface area contributed by atoms with Crippen molar-refractivity contribution in [2.75, 3.05) is 0 Å². The molecule has 0 amide bonds. The smallest absolute Gasteiger partial charge is 0.181 e. The Morgan fingerprint density at radius 2 is 2.20 bits per heavy atom. The summed E-state index contributed by atoms with van der Waals surface area (Å²) >= 11 is 3.31. The van der Waals surface area contributed by atoms with E-state index < -0.39 is 0 Å². The molecule has 2 rings (SSSR count). The topological polar surface area (TPSA) is 34.9 Å². The van der Waals surface area contributed by atoms with Crippen molar-refractivity contribution in [1.29, 1.82) is 0 Å². The van der Waals surface area contributed by atoms with Gasteiger partial charge in [-0.3, -0.25) is 9.48 Å². The highest BCUT2D eigenvalue weighted by atomic mass is 79.9. The highest BCUT2D eigenvalue weighted by Gasteiger charge is 2.33. The Balaban J connectivity index is 2.34. The number of carbonyl (C=O) groups excluding carboxylic acids is 1. The van der Waals surface area contributed by atoms with Gasteiger partial charge in [-0.2, -0.15) is 5.10 Å². The molecule has 0 aromatic carbocycles. The molecule has 1 aromatic rings. The molecule has 0 aliphatic carbocycles. The van der Waals surface area contributed by atoms with E-state index in [1.165, 1.54) is 0 Å². The van der Waals surface area contributed by atoms with Crippen LogP contribution in [0, 0.1) is 11.3 Å². The quantitative estimate of drug-likeness (QED) is 0.727. The zero-order chi connectivity index (χ0) is 11.2. The highest BCUT2D eigenvalue weighted by Crippen LogP contribution is 2.34. The van der Waals surface area contributed by atoms with Crippen molar-refractivity contribution in [2.24, 2.45) is 11.3 Å². The number of fused-ring (bicyclic) bond motifs is 1. The predicted molar refractivity (Wildman–Crippen MR) is 61.8 cm³/mol. The number of nitrogens with zero attached hydrogens (tertiary/aromatic N) is 2. The van der Waals surface area contributed by atoms with Gasteiger partial charge in [-0.1, -0.05) is 20.8 Å². The minimum atomic E-state index is 0.159. The molecular formula is C11H15BrN2O. The number of hydrogen-bond acceptors (Lipinski definition) is 2. The first-order chi connectivity index (χ1) is 6.88. The van der Waals surface area contributed by atoms with Gasteiger partial charge >= 0.3 is 0 Å². The first-order valence-corrected chi connectivity index (χ1v) is 5.94. The first-order valence-electron chi connectivity index (χ1n) is 5.14. The summed E-state index contributed by atoms with van der Waals surface area (Å²) < 4.78 is 2.58. The van der Waals surface area contributed by atoms with Gasteiger partial charge in [-0.15, -0.1) is 0 Å². The molecule has 82 valence electrons. The molecule has 1 aromatic heterocycles. The van der Waals surface area contributed by atoms with Gasteiger partial charge in [0.2, 0.25) is 0 Å². The third-order valence-electron chi connectivity index (χ3n) is 3.09. The Morgan fingerprint density at radius 3 is 2.80 bits per heavy atom. The fourth-order valence-corrected chi connectivity index (χ4v) is 2.34. The molecule has 0 bridgehead atoms. The van der Waals surface area contributed by atoms with Gasteiger partial charge in [0.15, 0.2) is 5.78 Å². The summed E-state index contributed by atoms with van der Waals surface area (Å²) in [4.78, 5) is 11.9. The number of aromatic nitrogens is 2. The Labute approximate surface area is 98.0 Å². The van der Waals surface area contributed by atoms with Gasteiger partial charge < -0.3 is 0 Å². The third-order valence-corrected chi connectivity index (χ3v) is 3.47. The molecule has 0 saturated carbocycles. The highest BCUT2D eigenvalue weighted by molar-refractivity contribution is 9.10. The van der Waals surface area contributed by atoms with Crippen LogP contribution in [0.2, 0.25) is 0 Å². The molecule has 1 aliphatic heterocycles. The largest absolute Gasteiger partial charge is 0.292 e. The fourth-order valence-electron chi connectivity index (χ4n) is 1.93. The summed E-state index contributed by atoms with van der Waals surface area (Å²) in [5, 5.41) is 4.28. The number of carbonyl (C=O) groups is 1. The summed E-state index contributed by atoms with van der Waals surface area (Å²) in [5.74, 6) is 0.587. The van der Waals surface area contributed by atoms with E-state index >= 15 is 0 Å². The SMILES string of the molecule is CC(C)(C)[C@H]1CC(=O)c2cc(Br)nn2C1. The number of hydrogen-bond donors (Lipinski definition) is 0. The first kappa shape index (κ1) is 10.9. The summed E-state index contributed by atoms with van der Waals surface area (Å²) in [7, 11) is 0. The number of halogens is 1. The lowest BCUT2D eigenvalue weighted by atomic mass is 9.76. The molecule has 0 saturated heterocycles. The molecule has 1 atom stereocenters. The zero-order valence-electron chi connectivity index (χ0n) is 9.25. The maximum absolute atomic E-state index is 11.9. The summed E-state index contributed by atoms with van der Waals surface area (Å²) in [5.41, 5.74) is 0.897. The molecule has 4 heteroatoms. The maximum atomic E-state index is 11.9. The molecule has 1 aliphatic rings. The van der Waals surface area contributed by atoms with Gasteiger partial charge in [-0.25, -0.2) is 0 Å². The van der Waals surface area contributed by atoms with Crippen LogP contribution >= 0.6 is 15.9 Å². The van der Waals surface area contributed by atoms with Crippen molar-refractivity contribution >= 4 is 21.7 Å². The average Bonchev–Trinajstić information content (AvgIpc) is 2.44. The summed E-state index contributed by atoms with van der Waals surface area (Å²) in [6.45, 7) is 7.37. The van der Waals surface area contributed by atoms with E-state index in [0.717, 1.165) is 16.8 Å². The Bertz CT molecular complexity index is 403. The van der Waals surface area contributed by atoms with Crippen LogP contribution in [0.5, 0.6) is 0 Å². The molecule has 0 radical (unpaired) electrons. The Morgan fingerprint density at radius 1 is 1.53 bits per heavy atom. The van der Waals surface area contributed by atoms with Gasteiger partial charge in [0.1, 0.15) is 10.3 Å². The van der Waals surface area contributed by atoms with Gasteiger partial charge in [0.25, 0.3) is 0 Å². The number of Topliss-reactive ketones (excluding diaryl/α,β-unsaturated/α-hetero) is 1. The maximum Gasteiger partial charge on any atom is 0.181 e. The van der Waals surface area contributed by atoms with Crippen molar-refractivity contribution < 1.29 is 4.79 Å². The van der Waals surface area contributed by atoms with Crippen molar-refractivity contribution in [3.05, 3.63) is 16.4 Å². The second-order valence-electron chi connectivity index (χ2n) is 5.22. The van der Waals surface area contributed by atoms with Crippen LogP contribution in [0.15, 0.2) is 10.7 Å². The second kappa shape index (κ2) is 3.44. The molecule has 0 spiro atoms. The van der Waals surface area contributed by atoms with Crippen molar-refractivity contribution in [3.8, 4) is 0 Å². The number of rotatable bonds is 0. The van der Waals surface area contributed by atoms with Crippen LogP contribution in [0.3, 0.4) is 0 Å². The molecule has 2 heterocycles. The molecule has 0 unspecified atom stereocenters. The second-order valence-corrected chi connectivity index (χ2v) is 6.04. The molecule has 3 nitrogen and oxygen atoms in total. The van der Waals surface area contributed by atoms with E-state index in [0.29, 0.717) is 12.3 Å². The van der Waals surface area contributed by atoms with Gasteiger partial charge in [-0.05, 0) is 27.3 Å². The lowest BCUT2D eigenvalue weighted by Crippen LogP contribution is -2.33. The Kier molecular flexibility index (Phi) is 2.49. The summed E-state index contributed by atoms with van der Waals surface area (Å²) in [6, 6.07) is 1.81. The van der Waals surface area contributed by atoms with Crippen LogP contribution < -0.4 is 0 Å². The van der Waals surface area contributed by atoms with Crippen LogP contribution in [-0.4, -0.2) is 15.6 Å². The van der Waals surface area contributed by atoms with Crippen LogP contribution in [0.1, 0.15) is 37.7 Å². The van der Waals surface area contributed by atoms with E-state index in [4.69, 9.17) is 0 Å². The van der Waals surface area contributed by atoms with Gasteiger partial charge in [0.05, 0.1) is 0 Å². The van der Waals surface area contributed by atoms with Crippen LogP contribution in [0.25, 0.3) is 0 Å². The molecule has 0 fully saturated rings. The van der Waals surface area contributed by atoms with Crippen molar-refractivity contribution in [2.45, 2.75) is 33.7 Å². The lowest BCUT2D eigenvalue weighted by Gasteiger charge is -2.33. The Hall–Kier alpha value is -0.640. The standard InChI is InChI=1S/C11H15BrN2O/c1-11(2,3)7-4-9(15)8-5-10(12)13-14(8)6-7/h5,7H,4,6H2,1-3H3/t7-/m0/s1. The third kappa shape index (κ3) is 2.00. The summed E-state index contributed by atoms with van der Waals surface area (Å²) in [6.07, 6.45) is 0.641. The zero-order valence-corrected chi connectivity index (χ0v) is 10.8. The molecule has 0 N–H and O–H groups in total. The normalized spacial score (nSPS) is 21.6. The average molecular weight is 271 g/mol. The van der Waals surface area contributed by atoms with Crippen LogP contribution in [-0.2, 0) is 6.54 Å². The van der Waals surface area contributed by atoms with Crippen molar-refractivity contribution in [1.82, 2.24) is 9.78 Å². The molecular weight excluding hydrogens is 256 g/mol. The van der Waals surface area contributed by atoms with E-state index in [9.17, 15) is 4.79 Å².